The van der Waals surface area contributed by atoms with Crippen LogP contribution in [0.25, 0.3) is 0 Å². The van der Waals surface area contributed by atoms with E-state index in [0.717, 1.165) is 6.21 Å². The Labute approximate surface area is 129 Å². The summed E-state index contributed by atoms with van der Waals surface area (Å²) in [4.78, 5) is 21.3. The van der Waals surface area contributed by atoms with E-state index in [1.165, 1.54) is 12.1 Å². The van der Waals surface area contributed by atoms with Crippen LogP contribution >= 0.6 is 0 Å². The molecule has 0 spiro atoms. The number of amides is 1. The summed E-state index contributed by atoms with van der Waals surface area (Å²) in [6.07, 6.45) is 1.12. The van der Waals surface area contributed by atoms with Crippen LogP contribution in [0.5, 0.6) is 5.75 Å². The fourth-order valence-electron chi connectivity index (χ4n) is 1.54. The van der Waals surface area contributed by atoms with Crippen molar-refractivity contribution in [3.63, 3.8) is 0 Å². The Morgan fingerprint density at radius 1 is 1.43 bits per heavy atom. The lowest BCUT2D eigenvalue weighted by atomic mass is 10.2. The molecule has 23 heavy (non-hydrogen) atoms. The molecule has 0 saturated carbocycles. The van der Waals surface area contributed by atoms with Crippen LogP contribution in [0.4, 0.5) is 5.88 Å². The van der Waals surface area contributed by atoms with E-state index >= 15 is 0 Å². The van der Waals surface area contributed by atoms with E-state index in [4.69, 9.17) is 14.4 Å². The topological polar surface area (TPSA) is 131 Å². The Kier molecular flexibility index (Phi) is 5.04. The first kappa shape index (κ1) is 15.7. The first-order valence-electron chi connectivity index (χ1n) is 6.28. The minimum absolute atomic E-state index is 0.118. The minimum Gasteiger partial charge on any atom is -0.482 e. The zero-order valence-corrected chi connectivity index (χ0v) is 11.6. The number of nitro groups is 1. The van der Waals surface area contributed by atoms with Crippen molar-refractivity contribution in [1.29, 1.82) is 5.26 Å². The number of nitriles is 1. The number of hydrazone groups is 1. The van der Waals surface area contributed by atoms with Crippen molar-refractivity contribution in [2.24, 2.45) is 5.10 Å². The predicted molar refractivity (Wildman–Crippen MR) is 77.8 cm³/mol. The molecule has 0 unspecified atom stereocenters. The Bertz CT molecular complexity index is 790. The van der Waals surface area contributed by atoms with Gasteiger partial charge in [0.15, 0.2) is 12.4 Å². The van der Waals surface area contributed by atoms with Gasteiger partial charge in [-0.15, -0.1) is 0 Å². The fourth-order valence-corrected chi connectivity index (χ4v) is 1.54. The molecule has 0 radical (unpaired) electrons. The lowest BCUT2D eigenvalue weighted by Crippen LogP contribution is -2.24. The van der Waals surface area contributed by atoms with Gasteiger partial charge in [0, 0.05) is 0 Å². The summed E-state index contributed by atoms with van der Waals surface area (Å²) in [5, 5.41) is 22.9. The molecule has 1 N–H and O–H groups in total. The molecule has 1 heterocycles. The highest BCUT2D eigenvalue weighted by Crippen LogP contribution is 2.16. The number of benzene rings is 1. The molecular formula is C14H10N4O5. The van der Waals surface area contributed by atoms with Gasteiger partial charge in [0.05, 0.1) is 17.8 Å². The van der Waals surface area contributed by atoms with Crippen molar-refractivity contribution in [3.05, 3.63) is 57.8 Å². The maximum Gasteiger partial charge on any atom is 0.433 e. The van der Waals surface area contributed by atoms with Gasteiger partial charge < -0.3 is 9.15 Å². The number of ether oxygens (including phenoxy) is 1. The molecule has 9 nitrogen and oxygen atoms in total. The van der Waals surface area contributed by atoms with Gasteiger partial charge in [0.25, 0.3) is 5.91 Å². The second-order valence-electron chi connectivity index (χ2n) is 4.12. The van der Waals surface area contributed by atoms with Crippen LogP contribution < -0.4 is 10.2 Å². The number of nitrogens with zero attached hydrogens (tertiary/aromatic N) is 3. The molecule has 9 heteroatoms. The summed E-state index contributed by atoms with van der Waals surface area (Å²) in [5.74, 6) is -0.576. The van der Waals surface area contributed by atoms with E-state index < -0.39 is 16.7 Å². The largest absolute Gasteiger partial charge is 0.482 e. The summed E-state index contributed by atoms with van der Waals surface area (Å²) >= 11 is 0. The van der Waals surface area contributed by atoms with Crippen LogP contribution in [0.3, 0.4) is 0 Å². The zero-order chi connectivity index (χ0) is 16.7. The molecule has 2 aromatic rings. The Hall–Kier alpha value is -3.67. The summed E-state index contributed by atoms with van der Waals surface area (Å²) in [6.45, 7) is -0.339. The highest BCUT2D eigenvalue weighted by Gasteiger charge is 2.10. The fraction of sp³-hybridized carbons (Fsp3) is 0.0714. The number of nitrogens with one attached hydrogen (secondary N) is 1. The minimum atomic E-state index is -0.684. The first-order valence-corrected chi connectivity index (χ1v) is 6.28. The maximum absolute atomic E-state index is 11.5. The van der Waals surface area contributed by atoms with Crippen LogP contribution in [-0.4, -0.2) is 23.7 Å². The smallest absolute Gasteiger partial charge is 0.433 e. The molecule has 0 atom stereocenters. The van der Waals surface area contributed by atoms with Gasteiger partial charge in [-0.2, -0.15) is 10.4 Å². The number of furan rings is 1. The van der Waals surface area contributed by atoms with Crippen LogP contribution in [0.15, 0.2) is 45.9 Å². The highest BCUT2D eigenvalue weighted by molar-refractivity contribution is 5.81. The molecule has 2 rings (SSSR count). The molecule has 0 saturated heterocycles. The molecule has 0 aliphatic carbocycles. The van der Waals surface area contributed by atoms with Gasteiger partial charge in [0.2, 0.25) is 0 Å². The van der Waals surface area contributed by atoms with E-state index in [9.17, 15) is 14.9 Å². The number of carbonyl (C=O) groups excluding carboxylic acids is 1. The molecule has 0 aliphatic heterocycles. The van der Waals surface area contributed by atoms with Gasteiger partial charge in [0.1, 0.15) is 16.7 Å². The van der Waals surface area contributed by atoms with E-state index in [0.29, 0.717) is 5.56 Å². The Morgan fingerprint density at radius 2 is 2.22 bits per heavy atom. The molecule has 1 aromatic carbocycles. The van der Waals surface area contributed by atoms with E-state index in [1.54, 1.807) is 24.3 Å². The Morgan fingerprint density at radius 3 is 2.91 bits per heavy atom. The first-order chi connectivity index (χ1) is 11.1. The number of para-hydroxylation sites is 1. The monoisotopic (exact) mass is 314 g/mol. The third-order valence-electron chi connectivity index (χ3n) is 2.54. The number of hydrogen-bond acceptors (Lipinski definition) is 7. The SMILES string of the molecule is N#Cc1ccccc1OCC(=O)N/N=C\c1ccc([N+](=O)[O-])o1. The van der Waals surface area contributed by atoms with E-state index in [2.05, 4.69) is 10.5 Å². The van der Waals surface area contributed by atoms with Gasteiger partial charge in [-0.1, -0.05) is 12.1 Å². The third kappa shape index (κ3) is 4.40. The molecule has 0 aliphatic rings. The summed E-state index contributed by atoms with van der Waals surface area (Å²) in [6, 6.07) is 10.9. The summed E-state index contributed by atoms with van der Waals surface area (Å²) in [5.41, 5.74) is 2.48. The van der Waals surface area contributed by atoms with Crippen LogP contribution in [0.2, 0.25) is 0 Å². The van der Waals surface area contributed by atoms with Crippen molar-refractivity contribution in [3.8, 4) is 11.8 Å². The highest BCUT2D eigenvalue weighted by atomic mass is 16.6. The second kappa shape index (κ2) is 7.37. The van der Waals surface area contributed by atoms with E-state index in [1.807, 2.05) is 6.07 Å². The molecular weight excluding hydrogens is 304 g/mol. The predicted octanol–water partition coefficient (Wildman–Crippen LogP) is 1.59. The van der Waals surface area contributed by atoms with Crippen LogP contribution in [0.1, 0.15) is 11.3 Å². The van der Waals surface area contributed by atoms with Crippen molar-refractivity contribution in [2.45, 2.75) is 0 Å². The molecule has 0 bridgehead atoms. The van der Waals surface area contributed by atoms with Crippen LogP contribution in [-0.2, 0) is 4.79 Å². The van der Waals surface area contributed by atoms with Crippen molar-refractivity contribution >= 4 is 18.0 Å². The van der Waals surface area contributed by atoms with Crippen LogP contribution in [0, 0.1) is 21.4 Å². The van der Waals surface area contributed by atoms with E-state index in [-0.39, 0.29) is 18.1 Å². The quantitative estimate of drug-likeness (QED) is 0.489. The maximum atomic E-state index is 11.5. The Balaban J connectivity index is 1.84. The molecule has 1 aromatic heterocycles. The average molecular weight is 314 g/mol. The van der Waals surface area contributed by atoms with Crippen molar-refractivity contribution < 1.29 is 18.9 Å². The summed E-state index contributed by atoms with van der Waals surface area (Å²) < 4.78 is 10.0. The van der Waals surface area contributed by atoms with Gasteiger partial charge >= 0.3 is 5.88 Å². The number of rotatable bonds is 6. The number of carbonyl (C=O) groups is 1. The summed E-state index contributed by atoms with van der Waals surface area (Å²) in [7, 11) is 0. The lowest BCUT2D eigenvalue weighted by Gasteiger charge is -2.05. The van der Waals surface area contributed by atoms with Gasteiger partial charge in [-0.25, -0.2) is 5.43 Å². The average Bonchev–Trinajstić information content (AvgIpc) is 3.02. The zero-order valence-electron chi connectivity index (χ0n) is 11.6. The molecule has 116 valence electrons. The van der Waals surface area contributed by atoms with Gasteiger partial charge in [-0.05, 0) is 18.2 Å². The second-order valence-corrected chi connectivity index (χ2v) is 4.12. The third-order valence-corrected chi connectivity index (χ3v) is 2.54. The molecule has 0 fully saturated rings. The molecule has 1 amide bonds. The van der Waals surface area contributed by atoms with Gasteiger partial charge in [-0.3, -0.25) is 14.9 Å². The van der Waals surface area contributed by atoms with Crippen molar-refractivity contribution in [2.75, 3.05) is 6.61 Å². The lowest BCUT2D eigenvalue weighted by molar-refractivity contribution is -0.402. The standard InChI is InChI=1S/C14H10N4O5/c15-7-10-3-1-2-4-12(10)22-9-13(19)17-16-8-11-5-6-14(23-11)18(20)21/h1-6,8H,9H2,(H,17,19)/b16-8-. The number of hydrogen-bond donors (Lipinski definition) is 1. The van der Waals surface area contributed by atoms with Crippen molar-refractivity contribution in [1.82, 2.24) is 5.43 Å². The normalized spacial score (nSPS) is 10.2.